The largest absolute Gasteiger partial charge is 0.482 e. The highest BCUT2D eigenvalue weighted by molar-refractivity contribution is 14.1. The summed E-state index contributed by atoms with van der Waals surface area (Å²) in [6.07, 6.45) is 0. The second kappa shape index (κ2) is 7.81. The van der Waals surface area contributed by atoms with Crippen LogP contribution in [0.25, 0.3) is 0 Å². The van der Waals surface area contributed by atoms with Crippen LogP contribution in [0.5, 0.6) is 5.75 Å². The Bertz CT molecular complexity index is 654. The Kier molecular flexibility index (Phi) is 6.34. The van der Waals surface area contributed by atoms with Crippen molar-refractivity contribution in [3.8, 4) is 5.75 Å². The summed E-state index contributed by atoms with van der Waals surface area (Å²) in [5.41, 5.74) is 6.94. The zero-order valence-corrected chi connectivity index (χ0v) is 17.2. The quantitative estimate of drug-likeness (QED) is 0.400. The van der Waals surface area contributed by atoms with E-state index in [0.717, 1.165) is 16.5 Å². The normalized spacial score (nSPS) is 10.2. The lowest BCUT2D eigenvalue weighted by molar-refractivity contribution is -0.118. The maximum atomic E-state index is 11.9. The van der Waals surface area contributed by atoms with E-state index in [1.165, 1.54) is 0 Å². The first-order valence-corrected chi connectivity index (χ1v) is 9.12. The molecule has 0 saturated carbocycles. The van der Waals surface area contributed by atoms with Gasteiger partial charge in [-0.15, -0.1) is 0 Å². The standard InChI is InChI=1S/C14H11I3N2O2/c15-8-4-11(16)14(12(17)5-8)21-7-13(20)19-10-3-1-2-9(18)6-10/h1-6H,7,18H2,(H,19,20). The number of nitrogens with one attached hydrogen (secondary N) is 1. The van der Waals surface area contributed by atoms with Gasteiger partial charge in [0.25, 0.3) is 5.91 Å². The molecular weight excluding hydrogens is 609 g/mol. The number of carbonyl (C=O) groups excluding carboxylic acids is 1. The second-order valence-electron chi connectivity index (χ2n) is 4.16. The van der Waals surface area contributed by atoms with Crippen LogP contribution in [0.15, 0.2) is 36.4 Å². The Morgan fingerprint density at radius 3 is 2.43 bits per heavy atom. The van der Waals surface area contributed by atoms with Crippen LogP contribution < -0.4 is 15.8 Å². The van der Waals surface area contributed by atoms with Crippen molar-refractivity contribution in [3.05, 3.63) is 47.1 Å². The first-order valence-electron chi connectivity index (χ1n) is 5.88. The lowest BCUT2D eigenvalue weighted by Crippen LogP contribution is -2.20. The highest BCUT2D eigenvalue weighted by atomic mass is 127. The lowest BCUT2D eigenvalue weighted by Gasteiger charge is -2.11. The number of amides is 1. The number of rotatable bonds is 4. The van der Waals surface area contributed by atoms with Crippen LogP contribution in [-0.2, 0) is 4.79 Å². The maximum absolute atomic E-state index is 11.9. The van der Waals surface area contributed by atoms with E-state index in [2.05, 4.69) is 73.1 Å². The summed E-state index contributed by atoms with van der Waals surface area (Å²) in [5, 5.41) is 2.75. The molecule has 3 N–H and O–H groups in total. The van der Waals surface area contributed by atoms with Gasteiger partial charge in [0.2, 0.25) is 0 Å². The Balaban J connectivity index is 1.99. The monoisotopic (exact) mass is 620 g/mol. The minimum Gasteiger partial charge on any atom is -0.482 e. The molecule has 0 radical (unpaired) electrons. The fraction of sp³-hybridized carbons (Fsp3) is 0.0714. The highest BCUT2D eigenvalue weighted by Crippen LogP contribution is 2.29. The van der Waals surface area contributed by atoms with Crippen LogP contribution in [0.2, 0.25) is 0 Å². The molecule has 0 unspecified atom stereocenters. The molecule has 0 bridgehead atoms. The third kappa shape index (κ3) is 5.13. The molecule has 0 atom stereocenters. The van der Waals surface area contributed by atoms with E-state index in [1.807, 2.05) is 12.1 Å². The summed E-state index contributed by atoms with van der Waals surface area (Å²) in [6, 6.07) is 11.1. The van der Waals surface area contributed by atoms with Gasteiger partial charge in [0, 0.05) is 14.9 Å². The minimum atomic E-state index is -0.217. The third-order valence-electron chi connectivity index (χ3n) is 2.48. The number of nitrogen functional groups attached to an aromatic ring is 1. The molecule has 2 rings (SSSR count). The van der Waals surface area contributed by atoms with E-state index in [1.54, 1.807) is 24.3 Å². The van der Waals surface area contributed by atoms with Gasteiger partial charge in [0.15, 0.2) is 6.61 Å². The molecule has 0 aromatic heterocycles. The molecule has 21 heavy (non-hydrogen) atoms. The van der Waals surface area contributed by atoms with Gasteiger partial charge in [-0.3, -0.25) is 4.79 Å². The zero-order valence-electron chi connectivity index (χ0n) is 10.7. The summed E-state index contributed by atoms with van der Waals surface area (Å²) in [6.45, 7) is -0.0403. The predicted octanol–water partition coefficient (Wildman–Crippen LogP) is 4.10. The van der Waals surface area contributed by atoms with Crippen molar-refractivity contribution in [2.75, 3.05) is 17.7 Å². The first kappa shape index (κ1) is 17.1. The van der Waals surface area contributed by atoms with Crippen LogP contribution in [0.1, 0.15) is 0 Å². The van der Waals surface area contributed by atoms with Crippen LogP contribution in [0.3, 0.4) is 0 Å². The Hall–Kier alpha value is -0.300. The van der Waals surface area contributed by atoms with Gasteiger partial charge in [0.1, 0.15) is 5.75 Å². The van der Waals surface area contributed by atoms with Gasteiger partial charge in [-0.05, 0) is 98.1 Å². The summed E-state index contributed by atoms with van der Waals surface area (Å²) >= 11 is 6.66. The first-order chi connectivity index (χ1) is 9.95. The van der Waals surface area contributed by atoms with Gasteiger partial charge in [-0.2, -0.15) is 0 Å². The molecule has 2 aromatic rings. The molecule has 7 heteroatoms. The van der Waals surface area contributed by atoms with Crippen molar-refractivity contribution in [1.82, 2.24) is 0 Å². The van der Waals surface area contributed by atoms with Gasteiger partial charge < -0.3 is 15.8 Å². The number of carbonyl (C=O) groups is 1. The maximum Gasteiger partial charge on any atom is 0.262 e. The molecular formula is C14H11I3N2O2. The van der Waals surface area contributed by atoms with Crippen LogP contribution in [0, 0.1) is 10.7 Å². The molecule has 0 aliphatic rings. The molecule has 0 saturated heterocycles. The van der Waals surface area contributed by atoms with Gasteiger partial charge >= 0.3 is 0 Å². The van der Waals surface area contributed by atoms with Crippen molar-refractivity contribution in [3.63, 3.8) is 0 Å². The average molecular weight is 620 g/mol. The summed E-state index contributed by atoms with van der Waals surface area (Å²) < 4.78 is 8.74. The molecule has 0 aliphatic carbocycles. The molecule has 0 heterocycles. The van der Waals surface area contributed by atoms with E-state index in [-0.39, 0.29) is 12.5 Å². The van der Waals surface area contributed by atoms with E-state index in [9.17, 15) is 4.79 Å². The highest BCUT2D eigenvalue weighted by Gasteiger charge is 2.10. The summed E-state index contributed by atoms with van der Waals surface area (Å²) in [4.78, 5) is 11.9. The Labute approximate surface area is 163 Å². The molecule has 4 nitrogen and oxygen atoms in total. The molecule has 0 spiro atoms. The third-order valence-corrected chi connectivity index (χ3v) is 4.71. The lowest BCUT2D eigenvalue weighted by atomic mass is 10.3. The van der Waals surface area contributed by atoms with Crippen molar-refractivity contribution in [2.24, 2.45) is 0 Å². The van der Waals surface area contributed by atoms with Crippen molar-refractivity contribution >= 4 is 85.1 Å². The van der Waals surface area contributed by atoms with Crippen molar-refractivity contribution < 1.29 is 9.53 Å². The number of benzene rings is 2. The number of nitrogens with two attached hydrogens (primary N) is 1. The van der Waals surface area contributed by atoms with E-state index >= 15 is 0 Å². The smallest absolute Gasteiger partial charge is 0.262 e. The fourth-order valence-electron chi connectivity index (χ4n) is 1.62. The van der Waals surface area contributed by atoms with Gasteiger partial charge in [-0.1, -0.05) is 6.07 Å². The van der Waals surface area contributed by atoms with E-state index in [4.69, 9.17) is 10.5 Å². The molecule has 2 aromatic carbocycles. The second-order valence-corrected chi connectivity index (χ2v) is 7.73. The SMILES string of the molecule is Nc1cccc(NC(=O)COc2c(I)cc(I)cc2I)c1. The fourth-order valence-corrected chi connectivity index (χ4v) is 5.51. The summed E-state index contributed by atoms with van der Waals surface area (Å²) in [7, 11) is 0. The number of hydrogen-bond acceptors (Lipinski definition) is 3. The number of ether oxygens (including phenoxy) is 1. The molecule has 110 valence electrons. The van der Waals surface area contributed by atoms with Gasteiger partial charge in [0.05, 0.1) is 7.14 Å². The molecule has 1 amide bonds. The average Bonchev–Trinajstić information content (AvgIpc) is 2.37. The number of hydrogen-bond donors (Lipinski definition) is 2. The van der Waals surface area contributed by atoms with Gasteiger partial charge in [-0.25, -0.2) is 0 Å². The Morgan fingerprint density at radius 1 is 1.14 bits per heavy atom. The van der Waals surface area contributed by atoms with E-state index < -0.39 is 0 Å². The summed E-state index contributed by atoms with van der Waals surface area (Å²) in [5.74, 6) is 0.519. The predicted molar refractivity (Wildman–Crippen MR) is 110 cm³/mol. The zero-order chi connectivity index (χ0) is 15.4. The van der Waals surface area contributed by atoms with Crippen LogP contribution in [0.4, 0.5) is 11.4 Å². The van der Waals surface area contributed by atoms with Crippen molar-refractivity contribution in [1.29, 1.82) is 0 Å². The number of halogens is 3. The topological polar surface area (TPSA) is 64.3 Å². The number of anilines is 2. The van der Waals surface area contributed by atoms with Crippen LogP contribution >= 0.6 is 67.8 Å². The van der Waals surface area contributed by atoms with Crippen molar-refractivity contribution in [2.45, 2.75) is 0 Å². The molecule has 0 aliphatic heterocycles. The van der Waals surface area contributed by atoms with E-state index in [0.29, 0.717) is 11.4 Å². The molecule has 0 fully saturated rings. The minimum absolute atomic E-state index is 0.0403. The Morgan fingerprint density at radius 2 is 1.81 bits per heavy atom. The van der Waals surface area contributed by atoms with Crippen LogP contribution in [-0.4, -0.2) is 12.5 Å².